The van der Waals surface area contributed by atoms with E-state index < -0.39 is 4.92 Å². The molecule has 0 fully saturated rings. The summed E-state index contributed by atoms with van der Waals surface area (Å²) in [7, 11) is 0. The quantitative estimate of drug-likeness (QED) is 0.620. The Balaban J connectivity index is 2.37. The molecule has 0 radical (unpaired) electrons. The fourth-order valence-electron chi connectivity index (χ4n) is 1.95. The van der Waals surface area contributed by atoms with Crippen LogP contribution in [0.1, 0.15) is 31.1 Å². The molecule has 1 aromatic carbocycles. The Kier molecular flexibility index (Phi) is 4.49. The van der Waals surface area contributed by atoms with E-state index >= 15 is 0 Å². The lowest BCUT2D eigenvalue weighted by Gasteiger charge is -2.07. The average molecular weight is 339 g/mol. The molecule has 2 aromatic rings. The number of nitrogens with zero attached hydrogens (tertiary/aromatic N) is 4. The summed E-state index contributed by atoms with van der Waals surface area (Å²) in [6.07, 6.45) is 1.55. The first-order chi connectivity index (χ1) is 9.56. The van der Waals surface area contributed by atoms with Crippen LogP contribution in [0.5, 0.6) is 0 Å². The minimum absolute atomic E-state index is 0.0661. The van der Waals surface area contributed by atoms with Gasteiger partial charge in [0.2, 0.25) is 0 Å². The summed E-state index contributed by atoms with van der Waals surface area (Å²) in [4.78, 5) is 15.0. The molecule has 6 nitrogen and oxygen atoms in total. The van der Waals surface area contributed by atoms with Crippen molar-refractivity contribution < 1.29 is 4.92 Å². The Hall–Kier alpha value is -1.76. The maximum atomic E-state index is 10.9. The number of aromatic nitrogens is 3. The molecule has 0 spiro atoms. The highest BCUT2D eigenvalue weighted by atomic mass is 79.9. The standard InChI is InChI=1S/C13H15BrN4O2/c1-3-11-15-12(4-2)17(16-11)8-9-6-5-7-10(13(9)14)18(19)20/h5-7H,3-4,8H2,1-2H3. The number of nitro groups is 1. The van der Waals surface area contributed by atoms with Gasteiger partial charge in [0, 0.05) is 18.9 Å². The molecule has 0 aliphatic heterocycles. The van der Waals surface area contributed by atoms with Gasteiger partial charge in [-0.2, -0.15) is 5.10 Å². The van der Waals surface area contributed by atoms with E-state index in [9.17, 15) is 10.1 Å². The van der Waals surface area contributed by atoms with E-state index in [0.29, 0.717) is 11.0 Å². The van der Waals surface area contributed by atoms with Crippen molar-refractivity contribution in [2.24, 2.45) is 0 Å². The molecule has 2 rings (SSSR count). The molecule has 0 saturated heterocycles. The Morgan fingerprint density at radius 1 is 1.35 bits per heavy atom. The van der Waals surface area contributed by atoms with Crippen LogP contribution in [0.3, 0.4) is 0 Å². The van der Waals surface area contributed by atoms with Gasteiger partial charge in [0.1, 0.15) is 10.3 Å². The molecule has 106 valence electrons. The molecule has 0 unspecified atom stereocenters. The predicted octanol–water partition coefficient (Wildman–Crippen LogP) is 3.12. The maximum Gasteiger partial charge on any atom is 0.283 e. The molecule has 0 bridgehead atoms. The van der Waals surface area contributed by atoms with Crippen molar-refractivity contribution in [2.45, 2.75) is 33.2 Å². The van der Waals surface area contributed by atoms with Gasteiger partial charge in [-0.1, -0.05) is 26.0 Å². The molecule has 0 amide bonds. The molecular weight excluding hydrogens is 324 g/mol. The average Bonchev–Trinajstić information content (AvgIpc) is 2.83. The third-order valence-corrected chi connectivity index (χ3v) is 3.92. The van der Waals surface area contributed by atoms with Gasteiger partial charge >= 0.3 is 0 Å². The number of nitro benzene ring substituents is 1. The van der Waals surface area contributed by atoms with E-state index in [0.717, 1.165) is 30.1 Å². The van der Waals surface area contributed by atoms with Crippen molar-refractivity contribution in [1.82, 2.24) is 14.8 Å². The van der Waals surface area contributed by atoms with Crippen LogP contribution in [0.15, 0.2) is 22.7 Å². The predicted molar refractivity (Wildman–Crippen MR) is 78.7 cm³/mol. The zero-order chi connectivity index (χ0) is 14.7. The van der Waals surface area contributed by atoms with Crippen molar-refractivity contribution >= 4 is 21.6 Å². The van der Waals surface area contributed by atoms with Crippen LogP contribution in [-0.4, -0.2) is 19.7 Å². The highest BCUT2D eigenvalue weighted by Gasteiger charge is 2.16. The van der Waals surface area contributed by atoms with Crippen LogP contribution in [0, 0.1) is 10.1 Å². The second-order valence-corrected chi connectivity index (χ2v) is 5.11. The number of hydrogen-bond acceptors (Lipinski definition) is 4. The highest BCUT2D eigenvalue weighted by molar-refractivity contribution is 9.10. The van der Waals surface area contributed by atoms with Crippen molar-refractivity contribution in [3.05, 3.63) is 50.0 Å². The van der Waals surface area contributed by atoms with Gasteiger partial charge in [-0.3, -0.25) is 10.1 Å². The molecule has 20 heavy (non-hydrogen) atoms. The summed E-state index contributed by atoms with van der Waals surface area (Å²) < 4.78 is 2.31. The maximum absolute atomic E-state index is 10.9. The largest absolute Gasteiger partial charge is 0.283 e. The van der Waals surface area contributed by atoms with E-state index in [1.54, 1.807) is 6.07 Å². The zero-order valence-corrected chi connectivity index (χ0v) is 12.9. The lowest BCUT2D eigenvalue weighted by Crippen LogP contribution is -2.07. The van der Waals surface area contributed by atoms with Gasteiger partial charge in [-0.05, 0) is 21.5 Å². The SMILES string of the molecule is CCc1nc(CC)n(Cc2cccc([N+](=O)[O-])c2Br)n1. The van der Waals surface area contributed by atoms with Gasteiger partial charge in [0.25, 0.3) is 5.69 Å². The van der Waals surface area contributed by atoms with E-state index in [-0.39, 0.29) is 5.69 Å². The minimum Gasteiger partial charge on any atom is -0.258 e. The van der Waals surface area contributed by atoms with Crippen molar-refractivity contribution in [2.75, 3.05) is 0 Å². The minimum atomic E-state index is -0.396. The summed E-state index contributed by atoms with van der Waals surface area (Å²) in [5.74, 6) is 1.68. The lowest BCUT2D eigenvalue weighted by molar-refractivity contribution is -0.385. The number of halogens is 1. The summed E-state index contributed by atoms with van der Waals surface area (Å²) in [6.45, 7) is 4.49. The van der Waals surface area contributed by atoms with E-state index in [1.807, 2.05) is 24.6 Å². The van der Waals surface area contributed by atoms with Gasteiger partial charge in [-0.25, -0.2) is 9.67 Å². The van der Waals surface area contributed by atoms with Crippen LogP contribution < -0.4 is 0 Å². The van der Waals surface area contributed by atoms with Crippen LogP contribution in [0.25, 0.3) is 0 Å². The van der Waals surface area contributed by atoms with Crippen LogP contribution in [0.4, 0.5) is 5.69 Å². The summed E-state index contributed by atoms with van der Waals surface area (Å²) >= 11 is 3.31. The summed E-state index contributed by atoms with van der Waals surface area (Å²) in [5.41, 5.74) is 0.887. The van der Waals surface area contributed by atoms with Crippen LogP contribution >= 0.6 is 15.9 Å². The first-order valence-corrected chi connectivity index (χ1v) is 7.20. The normalized spacial score (nSPS) is 10.8. The Morgan fingerprint density at radius 3 is 2.70 bits per heavy atom. The second kappa shape index (κ2) is 6.13. The van der Waals surface area contributed by atoms with E-state index in [1.165, 1.54) is 6.07 Å². The monoisotopic (exact) mass is 338 g/mol. The van der Waals surface area contributed by atoms with Gasteiger partial charge in [0.05, 0.1) is 11.5 Å². The number of hydrogen-bond donors (Lipinski definition) is 0. The van der Waals surface area contributed by atoms with Gasteiger partial charge in [0.15, 0.2) is 5.82 Å². The number of benzene rings is 1. The molecule has 0 atom stereocenters. The smallest absolute Gasteiger partial charge is 0.258 e. The van der Waals surface area contributed by atoms with Crippen LogP contribution in [0.2, 0.25) is 0 Å². The van der Waals surface area contributed by atoms with Gasteiger partial charge < -0.3 is 0 Å². The Morgan fingerprint density at radius 2 is 2.10 bits per heavy atom. The first kappa shape index (κ1) is 14.6. The molecule has 0 saturated carbocycles. The number of rotatable bonds is 5. The fourth-order valence-corrected chi connectivity index (χ4v) is 2.49. The fraction of sp³-hybridized carbons (Fsp3) is 0.385. The van der Waals surface area contributed by atoms with E-state index in [4.69, 9.17) is 0 Å². The molecule has 1 heterocycles. The van der Waals surface area contributed by atoms with Crippen molar-refractivity contribution in [3.63, 3.8) is 0 Å². The molecule has 0 aliphatic rings. The van der Waals surface area contributed by atoms with Crippen molar-refractivity contribution in [3.8, 4) is 0 Å². The lowest BCUT2D eigenvalue weighted by atomic mass is 10.2. The number of aryl methyl sites for hydroxylation is 2. The highest BCUT2D eigenvalue weighted by Crippen LogP contribution is 2.28. The van der Waals surface area contributed by atoms with Gasteiger partial charge in [-0.15, -0.1) is 0 Å². The molecule has 1 aromatic heterocycles. The Bertz CT molecular complexity index is 639. The third-order valence-electron chi connectivity index (χ3n) is 3.00. The molecule has 7 heteroatoms. The summed E-state index contributed by atoms with van der Waals surface area (Å²) in [5, 5.41) is 15.4. The molecule has 0 N–H and O–H groups in total. The molecular formula is C13H15BrN4O2. The topological polar surface area (TPSA) is 73.8 Å². The second-order valence-electron chi connectivity index (χ2n) is 4.32. The summed E-state index contributed by atoms with van der Waals surface area (Å²) in [6, 6.07) is 5.01. The van der Waals surface area contributed by atoms with E-state index in [2.05, 4.69) is 26.0 Å². The Labute approximate surface area is 125 Å². The zero-order valence-electron chi connectivity index (χ0n) is 11.3. The third kappa shape index (κ3) is 2.87. The first-order valence-electron chi connectivity index (χ1n) is 6.41. The van der Waals surface area contributed by atoms with Crippen LogP contribution in [-0.2, 0) is 19.4 Å². The van der Waals surface area contributed by atoms with Crippen molar-refractivity contribution in [1.29, 1.82) is 0 Å². The molecule has 0 aliphatic carbocycles.